The molecule has 0 spiro atoms. The molecule has 2 aromatic rings. The summed E-state index contributed by atoms with van der Waals surface area (Å²) in [5, 5.41) is 12.2. The van der Waals surface area contributed by atoms with Crippen LogP contribution in [-0.2, 0) is 11.3 Å². The maximum absolute atomic E-state index is 8.93. The highest BCUT2D eigenvalue weighted by atomic mass is 32.1. The molecule has 0 atom stereocenters. The number of hydrogen-bond donors (Lipinski definition) is 1. The van der Waals surface area contributed by atoms with E-state index in [2.05, 4.69) is 28.3 Å². The number of aromatic nitrogens is 2. The number of ether oxygens (including phenoxy) is 1. The van der Waals surface area contributed by atoms with Gasteiger partial charge in [0.25, 0.3) is 0 Å². The lowest BCUT2D eigenvalue weighted by Crippen LogP contribution is -2.07. The molecular weight excluding hydrogens is 284 g/mol. The van der Waals surface area contributed by atoms with E-state index in [1.54, 1.807) is 0 Å². The van der Waals surface area contributed by atoms with E-state index < -0.39 is 0 Å². The Hall–Kier alpha value is -1.97. The molecule has 0 aliphatic heterocycles. The molecule has 0 amide bonds. The van der Waals surface area contributed by atoms with Gasteiger partial charge in [-0.15, -0.1) is 11.3 Å². The first-order valence-electron chi connectivity index (χ1n) is 6.96. The molecule has 5 nitrogen and oxygen atoms in total. The highest BCUT2D eigenvalue weighted by Crippen LogP contribution is 2.27. The molecule has 0 saturated carbocycles. The van der Waals surface area contributed by atoms with Gasteiger partial charge in [-0.25, -0.2) is 9.97 Å². The Morgan fingerprint density at radius 3 is 2.86 bits per heavy atom. The Balaban J connectivity index is 2.31. The van der Waals surface area contributed by atoms with Crippen LogP contribution in [0.5, 0.6) is 0 Å². The van der Waals surface area contributed by atoms with Gasteiger partial charge in [-0.2, -0.15) is 5.26 Å². The van der Waals surface area contributed by atoms with Crippen LogP contribution in [0.4, 0.5) is 5.82 Å². The molecule has 0 fully saturated rings. The summed E-state index contributed by atoms with van der Waals surface area (Å²) in [5.74, 6) is 1.45. The van der Waals surface area contributed by atoms with Crippen LogP contribution >= 0.6 is 11.3 Å². The van der Waals surface area contributed by atoms with Crippen molar-refractivity contribution in [2.45, 2.75) is 26.9 Å². The summed E-state index contributed by atoms with van der Waals surface area (Å²) in [6.45, 7) is 5.93. The van der Waals surface area contributed by atoms with Gasteiger partial charge in [-0.3, -0.25) is 0 Å². The summed E-state index contributed by atoms with van der Waals surface area (Å²) in [5.41, 5.74) is 0.824. The molecule has 0 saturated heterocycles. The molecule has 2 rings (SSSR count). The van der Waals surface area contributed by atoms with Crippen molar-refractivity contribution in [3.05, 3.63) is 28.9 Å². The average molecular weight is 302 g/mol. The Bertz CT molecular complexity index is 607. The maximum atomic E-state index is 8.93. The molecule has 0 aromatic carbocycles. The maximum Gasteiger partial charge on any atom is 0.157 e. The van der Waals surface area contributed by atoms with E-state index in [1.165, 1.54) is 11.3 Å². The van der Waals surface area contributed by atoms with Crippen molar-refractivity contribution in [1.29, 1.82) is 5.26 Å². The molecule has 0 aliphatic carbocycles. The minimum atomic E-state index is 0.391. The summed E-state index contributed by atoms with van der Waals surface area (Å²) in [4.78, 5) is 10.6. The van der Waals surface area contributed by atoms with Crippen LogP contribution in [-0.4, -0.2) is 23.1 Å². The third-order valence-electron chi connectivity index (χ3n) is 2.73. The van der Waals surface area contributed by atoms with E-state index in [1.807, 2.05) is 25.1 Å². The zero-order chi connectivity index (χ0) is 15.1. The molecule has 110 valence electrons. The summed E-state index contributed by atoms with van der Waals surface area (Å²) in [6.07, 6.45) is 1.03. The summed E-state index contributed by atoms with van der Waals surface area (Å²) < 4.78 is 5.39. The third-order valence-corrected chi connectivity index (χ3v) is 3.74. The molecule has 0 radical (unpaired) electrons. The van der Waals surface area contributed by atoms with Crippen LogP contribution in [0.2, 0.25) is 0 Å². The van der Waals surface area contributed by atoms with Crippen molar-refractivity contribution in [2.24, 2.45) is 0 Å². The van der Waals surface area contributed by atoms with Gasteiger partial charge in [0.05, 0.1) is 10.6 Å². The van der Waals surface area contributed by atoms with Gasteiger partial charge in [0.15, 0.2) is 5.82 Å². The van der Waals surface area contributed by atoms with Gasteiger partial charge >= 0.3 is 0 Å². The number of hydrogen-bond acceptors (Lipinski definition) is 6. The van der Waals surface area contributed by atoms with Crippen molar-refractivity contribution in [2.75, 3.05) is 18.5 Å². The van der Waals surface area contributed by atoms with Crippen LogP contribution in [0.15, 0.2) is 18.2 Å². The predicted octanol–water partition coefficient (Wildman–Crippen LogP) is 3.44. The fourth-order valence-electron chi connectivity index (χ4n) is 1.76. The Morgan fingerprint density at radius 2 is 2.19 bits per heavy atom. The van der Waals surface area contributed by atoms with Gasteiger partial charge in [-0.1, -0.05) is 6.92 Å². The van der Waals surface area contributed by atoms with E-state index in [9.17, 15) is 0 Å². The topological polar surface area (TPSA) is 70.8 Å². The molecule has 21 heavy (non-hydrogen) atoms. The minimum Gasteiger partial charge on any atom is -0.374 e. The SMILES string of the molecule is CCCNc1cc(-c2ccc(C#N)s2)nc(COCC)n1. The van der Waals surface area contributed by atoms with Crippen molar-refractivity contribution < 1.29 is 4.74 Å². The average Bonchev–Trinajstić information content (AvgIpc) is 3.00. The highest BCUT2D eigenvalue weighted by Gasteiger charge is 2.09. The van der Waals surface area contributed by atoms with E-state index in [4.69, 9.17) is 10.00 Å². The first-order valence-corrected chi connectivity index (χ1v) is 7.78. The second kappa shape index (κ2) is 7.72. The second-order valence-electron chi connectivity index (χ2n) is 4.39. The van der Waals surface area contributed by atoms with Crippen LogP contribution in [0.1, 0.15) is 31.0 Å². The number of nitrogens with zero attached hydrogens (tertiary/aromatic N) is 3. The Kier molecular flexibility index (Phi) is 5.67. The summed E-state index contributed by atoms with van der Waals surface area (Å²) in [6, 6.07) is 7.79. The number of thiophene rings is 1. The van der Waals surface area contributed by atoms with Crippen LogP contribution in [0.25, 0.3) is 10.6 Å². The lowest BCUT2D eigenvalue weighted by Gasteiger charge is -2.08. The Morgan fingerprint density at radius 1 is 1.33 bits per heavy atom. The largest absolute Gasteiger partial charge is 0.374 e. The molecule has 1 N–H and O–H groups in total. The Labute approximate surface area is 128 Å². The van der Waals surface area contributed by atoms with Gasteiger partial charge in [0.1, 0.15) is 23.4 Å². The monoisotopic (exact) mass is 302 g/mol. The fraction of sp³-hybridized carbons (Fsp3) is 0.400. The van der Waals surface area contributed by atoms with Crippen molar-refractivity contribution in [3.63, 3.8) is 0 Å². The molecular formula is C15H18N4OS. The lowest BCUT2D eigenvalue weighted by atomic mass is 10.3. The normalized spacial score (nSPS) is 10.3. The van der Waals surface area contributed by atoms with Crippen molar-refractivity contribution in [3.8, 4) is 16.6 Å². The van der Waals surface area contributed by atoms with Gasteiger partial charge in [-0.05, 0) is 25.5 Å². The summed E-state index contributed by atoms with van der Waals surface area (Å²) in [7, 11) is 0. The minimum absolute atomic E-state index is 0.391. The second-order valence-corrected chi connectivity index (χ2v) is 5.48. The van der Waals surface area contributed by atoms with Crippen molar-refractivity contribution in [1.82, 2.24) is 9.97 Å². The molecule has 0 aliphatic rings. The van der Waals surface area contributed by atoms with Crippen LogP contribution in [0, 0.1) is 11.3 Å². The highest BCUT2D eigenvalue weighted by molar-refractivity contribution is 7.15. The number of anilines is 1. The quantitative estimate of drug-likeness (QED) is 0.848. The number of rotatable bonds is 7. The molecule has 2 heterocycles. The van der Waals surface area contributed by atoms with Gasteiger partial charge in [0.2, 0.25) is 0 Å². The smallest absolute Gasteiger partial charge is 0.157 e. The number of nitriles is 1. The zero-order valence-electron chi connectivity index (χ0n) is 12.2. The lowest BCUT2D eigenvalue weighted by molar-refractivity contribution is 0.128. The predicted molar refractivity (Wildman–Crippen MR) is 84.2 cm³/mol. The van der Waals surface area contributed by atoms with Crippen LogP contribution < -0.4 is 5.32 Å². The molecule has 2 aromatic heterocycles. The zero-order valence-corrected chi connectivity index (χ0v) is 13.0. The number of nitrogens with one attached hydrogen (secondary N) is 1. The summed E-state index contributed by atoms with van der Waals surface area (Å²) >= 11 is 1.43. The first-order chi connectivity index (χ1) is 10.3. The van der Waals surface area contributed by atoms with E-state index >= 15 is 0 Å². The van der Waals surface area contributed by atoms with Gasteiger partial charge in [0, 0.05) is 19.2 Å². The molecule has 0 bridgehead atoms. The standard InChI is InChI=1S/C15H18N4OS/c1-3-7-17-14-8-12(13-6-5-11(9-16)21-13)18-15(19-14)10-20-4-2/h5-6,8H,3-4,7,10H2,1-2H3,(H,17,18,19). The molecule has 6 heteroatoms. The van der Waals surface area contributed by atoms with E-state index in [0.717, 1.165) is 29.4 Å². The fourth-order valence-corrected chi connectivity index (χ4v) is 2.52. The van der Waals surface area contributed by atoms with Crippen LogP contribution in [0.3, 0.4) is 0 Å². The van der Waals surface area contributed by atoms with Crippen molar-refractivity contribution >= 4 is 17.2 Å². The molecule has 0 unspecified atom stereocenters. The third kappa shape index (κ3) is 4.25. The van der Waals surface area contributed by atoms with Gasteiger partial charge < -0.3 is 10.1 Å². The van der Waals surface area contributed by atoms with E-state index in [0.29, 0.717) is 23.9 Å². The van der Waals surface area contributed by atoms with E-state index in [-0.39, 0.29) is 0 Å². The first kappa shape index (κ1) is 15.4.